The van der Waals surface area contributed by atoms with Crippen LogP contribution in [0.1, 0.15) is 37.0 Å². The van der Waals surface area contributed by atoms with Crippen molar-refractivity contribution < 1.29 is 9.53 Å². The molecule has 0 aliphatic heterocycles. The number of hydrogen-bond acceptors (Lipinski definition) is 2. The zero-order chi connectivity index (χ0) is 15.1. The number of ether oxygens (including phenoxy) is 1. The van der Waals surface area contributed by atoms with E-state index in [1.807, 2.05) is 26.8 Å². The number of carbonyl (C=O) groups is 1. The van der Waals surface area contributed by atoms with Gasteiger partial charge >= 0.3 is 6.03 Å². The minimum atomic E-state index is -0.139. The first-order chi connectivity index (χ1) is 9.43. The molecule has 2 amide bonds. The summed E-state index contributed by atoms with van der Waals surface area (Å²) in [6.45, 7) is 11.2. The van der Waals surface area contributed by atoms with Crippen molar-refractivity contribution in [3.63, 3.8) is 0 Å². The molecule has 4 heteroatoms. The highest BCUT2D eigenvalue weighted by Gasteiger charge is 2.05. The second kappa shape index (κ2) is 7.78. The molecule has 1 unspecified atom stereocenters. The number of aryl methyl sites for hydroxylation is 3. The Hall–Kier alpha value is -1.71. The van der Waals surface area contributed by atoms with Gasteiger partial charge in [-0.2, -0.15) is 0 Å². The summed E-state index contributed by atoms with van der Waals surface area (Å²) in [4.78, 5) is 11.5. The fourth-order valence-electron chi connectivity index (χ4n) is 1.79. The fourth-order valence-corrected chi connectivity index (χ4v) is 1.79. The average Bonchev–Trinajstić information content (AvgIpc) is 2.40. The van der Waals surface area contributed by atoms with Crippen LogP contribution in [0.25, 0.3) is 0 Å². The van der Waals surface area contributed by atoms with Gasteiger partial charge in [0, 0.05) is 6.04 Å². The van der Waals surface area contributed by atoms with E-state index in [-0.39, 0.29) is 12.1 Å². The van der Waals surface area contributed by atoms with E-state index >= 15 is 0 Å². The van der Waals surface area contributed by atoms with Crippen molar-refractivity contribution >= 4 is 6.03 Å². The third-order valence-corrected chi connectivity index (χ3v) is 3.43. The highest BCUT2D eigenvalue weighted by atomic mass is 16.5. The number of nitrogens with one attached hydrogen (secondary N) is 2. The second-order valence-electron chi connectivity index (χ2n) is 5.26. The van der Waals surface area contributed by atoms with Crippen molar-refractivity contribution in [2.45, 2.75) is 47.1 Å². The molecule has 0 saturated heterocycles. The van der Waals surface area contributed by atoms with Gasteiger partial charge in [-0.15, -0.1) is 0 Å². The van der Waals surface area contributed by atoms with Gasteiger partial charge in [-0.05, 0) is 56.9 Å². The topological polar surface area (TPSA) is 50.4 Å². The summed E-state index contributed by atoms with van der Waals surface area (Å²) >= 11 is 0. The molecule has 0 aromatic heterocycles. The lowest BCUT2D eigenvalue weighted by molar-refractivity contribution is 0.233. The summed E-state index contributed by atoms with van der Waals surface area (Å²) < 4.78 is 5.71. The van der Waals surface area contributed by atoms with Crippen LogP contribution >= 0.6 is 0 Å². The molecule has 4 nitrogen and oxygen atoms in total. The molecule has 1 rings (SSSR count). The molecule has 20 heavy (non-hydrogen) atoms. The van der Waals surface area contributed by atoms with Crippen LogP contribution in [0.5, 0.6) is 5.75 Å². The molecule has 1 aromatic carbocycles. The molecule has 0 saturated carbocycles. The van der Waals surface area contributed by atoms with Crippen molar-refractivity contribution in [3.8, 4) is 5.75 Å². The van der Waals surface area contributed by atoms with Crippen molar-refractivity contribution in [2.24, 2.45) is 0 Å². The number of rotatable bonds is 6. The third kappa shape index (κ3) is 5.11. The zero-order valence-electron chi connectivity index (χ0n) is 13.2. The van der Waals surface area contributed by atoms with Crippen LogP contribution in [0.4, 0.5) is 4.79 Å². The molecule has 0 aliphatic carbocycles. The van der Waals surface area contributed by atoms with E-state index in [1.165, 1.54) is 11.1 Å². The standard InChI is InChI=1S/C16H26N2O2/c1-6-14(5)18-16(19)17-7-8-20-15-10-12(3)11(2)9-13(15)4/h9-10,14H,6-8H2,1-5H3,(H2,17,18,19). The first-order valence-electron chi connectivity index (χ1n) is 7.19. The Morgan fingerprint density at radius 1 is 1.20 bits per heavy atom. The maximum Gasteiger partial charge on any atom is 0.315 e. The Labute approximate surface area is 121 Å². The lowest BCUT2D eigenvalue weighted by Crippen LogP contribution is -2.41. The molecule has 112 valence electrons. The highest BCUT2D eigenvalue weighted by molar-refractivity contribution is 5.74. The number of carbonyl (C=O) groups excluding carboxylic acids is 1. The van der Waals surface area contributed by atoms with Gasteiger partial charge in [0.05, 0.1) is 6.54 Å². The molecule has 0 bridgehead atoms. The summed E-state index contributed by atoms with van der Waals surface area (Å²) in [5.41, 5.74) is 3.60. The van der Waals surface area contributed by atoms with Gasteiger partial charge in [-0.3, -0.25) is 0 Å². The molecule has 2 N–H and O–H groups in total. The van der Waals surface area contributed by atoms with Gasteiger partial charge < -0.3 is 15.4 Å². The first-order valence-corrected chi connectivity index (χ1v) is 7.19. The zero-order valence-corrected chi connectivity index (χ0v) is 13.2. The molecule has 1 atom stereocenters. The second-order valence-corrected chi connectivity index (χ2v) is 5.26. The highest BCUT2D eigenvalue weighted by Crippen LogP contribution is 2.22. The minimum Gasteiger partial charge on any atom is -0.491 e. The van der Waals surface area contributed by atoms with E-state index in [9.17, 15) is 4.79 Å². The van der Waals surface area contributed by atoms with Gasteiger partial charge in [0.25, 0.3) is 0 Å². The van der Waals surface area contributed by atoms with E-state index in [1.54, 1.807) is 0 Å². The predicted molar refractivity (Wildman–Crippen MR) is 82.4 cm³/mol. The van der Waals surface area contributed by atoms with Crippen molar-refractivity contribution in [3.05, 3.63) is 28.8 Å². The summed E-state index contributed by atoms with van der Waals surface area (Å²) in [6.07, 6.45) is 0.922. The van der Waals surface area contributed by atoms with Crippen molar-refractivity contribution in [1.29, 1.82) is 0 Å². The molecule has 0 heterocycles. The van der Waals surface area contributed by atoms with Crippen LogP contribution in [-0.2, 0) is 0 Å². The molecule has 0 fully saturated rings. The predicted octanol–water partition coefficient (Wildman–Crippen LogP) is 3.09. The largest absolute Gasteiger partial charge is 0.491 e. The van der Waals surface area contributed by atoms with Crippen LogP contribution in [-0.4, -0.2) is 25.2 Å². The van der Waals surface area contributed by atoms with E-state index in [0.29, 0.717) is 13.2 Å². The Balaban J connectivity index is 2.35. The van der Waals surface area contributed by atoms with Crippen molar-refractivity contribution in [2.75, 3.05) is 13.2 Å². The summed E-state index contributed by atoms with van der Waals surface area (Å²) in [6, 6.07) is 4.22. The van der Waals surface area contributed by atoms with Gasteiger partial charge in [0.2, 0.25) is 0 Å². The van der Waals surface area contributed by atoms with Gasteiger partial charge in [0.1, 0.15) is 12.4 Å². The number of benzene rings is 1. The molecule has 0 radical (unpaired) electrons. The monoisotopic (exact) mass is 278 g/mol. The van der Waals surface area contributed by atoms with Crippen molar-refractivity contribution in [1.82, 2.24) is 10.6 Å². The normalized spacial score (nSPS) is 11.8. The van der Waals surface area contributed by atoms with Gasteiger partial charge in [0.15, 0.2) is 0 Å². The smallest absolute Gasteiger partial charge is 0.315 e. The summed E-state index contributed by atoms with van der Waals surface area (Å²) in [7, 11) is 0. The van der Waals surface area contributed by atoms with Crippen LogP contribution in [0.15, 0.2) is 12.1 Å². The molecule has 0 aliphatic rings. The van der Waals surface area contributed by atoms with Gasteiger partial charge in [-0.1, -0.05) is 13.0 Å². The van der Waals surface area contributed by atoms with Gasteiger partial charge in [-0.25, -0.2) is 4.79 Å². The summed E-state index contributed by atoms with van der Waals surface area (Å²) in [5.74, 6) is 0.886. The lowest BCUT2D eigenvalue weighted by Gasteiger charge is -2.14. The number of hydrogen-bond donors (Lipinski definition) is 2. The third-order valence-electron chi connectivity index (χ3n) is 3.43. The number of urea groups is 1. The quantitative estimate of drug-likeness (QED) is 0.786. The fraction of sp³-hybridized carbons (Fsp3) is 0.562. The SMILES string of the molecule is CCC(C)NC(=O)NCCOc1cc(C)c(C)cc1C. The Kier molecular flexibility index (Phi) is 6.36. The maximum atomic E-state index is 11.5. The summed E-state index contributed by atoms with van der Waals surface area (Å²) in [5, 5.41) is 5.64. The van der Waals surface area contributed by atoms with Crippen LogP contribution in [0, 0.1) is 20.8 Å². The Morgan fingerprint density at radius 2 is 1.85 bits per heavy atom. The van der Waals surface area contributed by atoms with Crippen LogP contribution in [0.2, 0.25) is 0 Å². The van der Waals surface area contributed by atoms with E-state index in [2.05, 4.69) is 30.5 Å². The molecular weight excluding hydrogens is 252 g/mol. The Bertz CT molecular complexity index is 458. The molecule has 0 spiro atoms. The van der Waals surface area contributed by atoms with E-state index in [4.69, 9.17) is 4.74 Å². The van der Waals surface area contributed by atoms with Crippen LogP contribution in [0.3, 0.4) is 0 Å². The average molecular weight is 278 g/mol. The van der Waals surface area contributed by atoms with Crippen LogP contribution < -0.4 is 15.4 Å². The van der Waals surface area contributed by atoms with E-state index < -0.39 is 0 Å². The molecule has 1 aromatic rings. The van der Waals surface area contributed by atoms with E-state index in [0.717, 1.165) is 17.7 Å². The maximum absolute atomic E-state index is 11.5. The Morgan fingerprint density at radius 3 is 2.50 bits per heavy atom. The lowest BCUT2D eigenvalue weighted by atomic mass is 10.1. The minimum absolute atomic E-state index is 0.139. The number of amides is 2. The first kappa shape index (κ1) is 16.3. The molecular formula is C16H26N2O2.